The van der Waals surface area contributed by atoms with Gasteiger partial charge in [0.25, 0.3) is 0 Å². The Kier molecular flexibility index (Phi) is 28.4. The van der Waals surface area contributed by atoms with Crippen LogP contribution in [-0.4, -0.2) is 121 Å². The quantitative estimate of drug-likeness (QED) is 0.0333. The van der Waals surface area contributed by atoms with Gasteiger partial charge in [0.2, 0.25) is 47.3 Å². The molecule has 1 aliphatic rings. The number of para-hydroxylation sites is 1. The van der Waals surface area contributed by atoms with Crippen LogP contribution in [0.2, 0.25) is 0 Å². The lowest BCUT2D eigenvalue weighted by Crippen LogP contribution is -2.57. The zero-order chi connectivity index (χ0) is 49.5. The molecule has 20 heteroatoms. The van der Waals surface area contributed by atoms with Crippen LogP contribution in [-0.2, 0) is 62.5 Å². The van der Waals surface area contributed by atoms with E-state index in [1.165, 1.54) is 0 Å². The zero-order valence-corrected chi connectivity index (χ0v) is 43.2. The van der Waals surface area contributed by atoms with Crippen molar-refractivity contribution < 1.29 is 43.1 Å². The number of aryl methyl sites for hydroxylation is 2. The number of carbonyl (C=O) groups excluding carboxylic acids is 8. The predicted molar refractivity (Wildman–Crippen MR) is 271 cm³/mol. The van der Waals surface area contributed by atoms with Gasteiger partial charge in [-0.2, -0.15) is 0 Å². The highest BCUT2D eigenvalue weighted by molar-refractivity contribution is 9.09. The van der Waals surface area contributed by atoms with Gasteiger partial charge < -0.3 is 46.9 Å². The number of rotatable bonds is 31. The number of fused-ring (bicyclic) bond motifs is 2. The molecule has 2 aromatic carbocycles. The van der Waals surface area contributed by atoms with E-state index in [-0.39, 0.29) is 91.5 Å². The molecule has 7 N–H and O–H groups in total. The molecular weight excluding hydrogens is 1070 g/mol. The van der Waals surface area contributed by atoms with E-state index < -0.39 is 41.8 Å². The second-order valence-electron chi connectivity index (χ2n) is 16.1. The number of nitrogens with one attached hydrogen (secondary N) is 7. The second-order valence-corrected chi connectivity index (χ2v) is 17.8. The SMILES string of the molecule is C#CCOCCNC(=O)C(CCCCNC(=O)CBr)NC(=O)C(CCCCNC(=O)CBr)NC(=O)C(CCCCNC(=O)CBr)NC(=O)CCC(=O)N1Cc2ccccc2CCc2ccccc21. The van der Waals surface area contributed by atoms with Crippen molar-refractivity contribution in [3.05, 3.63) is 65.2 Å². The van der Waals surface area contributed by atoms with E-state index in [9.17, 15) is 38.4 Å². The van der Waals surface area contributed by atoms with Gasteiger partial charge in [-0.25, -0.2) is 0 Å². The molecule has 2 aromatic rings. The van der Waals surface area contributed by atoms with Crippen LogP contribution >= 0.6 is 47.8 Å². The van der Waals surface area contributed by atoms with Crippen molar-refractivity contribution in [1.82, 2.24) is 37.2 Å². The number of terminal acetylenes is 1. The van der Waals surface area contributed by atoms with Gasteiger partial charge in [-0.1, -0.05) is 96.2 Å². The lowest BCUT2D eigenvalue weighted by Gasteiger charge is -2.29. The molecule has 1 heterocycles. The van der Waals surface area contributed by atoms with Crippen molar-refractivity contribution in [2.75, 3.05) is 60.3 Å². The van der Waals surface area contributed by atoms with Gasteiger partial charge in [0.1, 0.15) is 24.7 Å². The fourth-order valence-electron chi connectivity index (χ4n) is 7.41. The fourth-order valence-corrected chi connectivity index (χ4v) is 8.00. The largest absolute Gasteiger partial charge is 0.367 e. The molecular formula is C48H65Br3N8O9. The molecule has 0 bridgehead atoms. The number of ether oxygens (including phenoxy) is 1. The number of carbonyl (C=O) groups is 8. The summed E-state index contributed by atoms with van der Waals surface area (Å²) in [5.41, 5.74) is 4.00. The summed E-state index contributed by atoms with van der Waals surface area (Å²) in [4.78, 5) is 107. The van der Waals surface area contributed by atoms with Gasteiger partial charge in [-0.05, 0) is 93.4 Å². The molecule has 68 heavy (non-hydrogen) atoms. The van der Waals surface area contributed by atoms with Crippen LogP contribution in [0.1, 0.15) is 87.3 Å². The number of benzene rings is 2. The summed E-state index contributed by atoms with van der Waals surface area (Å²) >= 11 is 9.35. The van der Waals surface area contributed by atoms with Crippen LogP contribution in [0.15, 0.2) is 48.5 Å². The molecule has 3 rings (SSSR count). The van der Waals surface area contributed by atoms with Crippen LogP contribution < -0.4 is 42.1 Å². The van der Waals surface area contributed by atoms with E-state index in [1.54, 1.807) is 4.90 Å². The summed E-state index contributed by atoms with van der Waals surface area (Å²) in [5, 5.41) is 19.9. The van der Waals surface area contributed by atoms with Gasteiger partial charge in [0.05, 0.1) is 29.1 Å². The zero-order valence-electron chi connectivity index (χ0n) is 38.4. The Morgan fingerprint density at radius 1 is 0.559 bits per heavy atom. The van der Waals surface area contributed by atoms with Gasteiger partial charge in [0, 0.05) is 44.7 Å². The minimum atomic E-state index is -1.16. The van der Waals surface area contributed by atoms with Gasteiger partial charge in [0.15, 0.2) is 0 Å². The van der Waals surface area contributed by atoms with Crippen LogP contribution in [0.4, 0.5) is 5.69 Å². The molecule has 1 aliphatic heterocycles. The van der Waals surface area contributed by atoms with Crippen LogP contribution in [0.5, 0.6) is 0 Å². The average Bonchev–Trinajstić information content (AvgIpc) is 3.34. The van der Waals surface area contributed by atoms with Crippen molar-refractivity contribution in [3.8, 4) is 12.3 Å². The monoisotopic (exact) mass is 1130 g/mol. The Labute approximate surface area is 424 Å². The lowest BCUT2D eigenvalue weighted by molar-refractivity contribution is -0.134. The molecule has 0 spiro atoms. The molecule has 8 amide bonds. The third-order valence-corrected chi connectivity index (χ3v) is 12.5. The molecule has 372 valence electrons. The summed E-state index contributed by atoms with van der Waals surface area (Å²) in [7, 11) is 0. The maximum Gasteiger partial charge on any atom is 0.243 e. The highest BCUT2D eigenvalue weighted by Gasteiger charge is 2.30. The Hall–Kier alpha value is -4.84. The van der Waals surface area contributed by atoms with Crippen LogP contribution in [0, 0.1) is 12.3 Å². The standard InChI is InChI=1S/C48H65Br3N8O9/c1-2-28-68-29-27-55-46(65)37(16-7-10-24-52-42(61)30-49)57-48(67)39(18-9-12-26-54-44(63)32-51)58-47(66)38(17-8-11-25-53-43(62)31-50)56-41(60)22-23-45(64)59-33-36-15-4-3-13-34(36)20-21-35-14-5-6-19-40(35)59/h1,3-6,13-15,19,37-39H,7-12,16-18,20-33H2,(H,52,61)(H,53,62)(H,54,63)(H,55,65)(H,56,60)(H,57,67)(H,58,66). The van der Waals surface area contributed by atoms with E-state index in [0.717, 1.165) is 35.2 Å². The van der Waals surface area contributed by atoms with Gasteiger partial charge in [-0.3, -0.25) is 38.4 Å². The minimum absolute atomic E-state index is 0.0632. The second kappa shape index (κ2) is 33.6. The van der Waals surface area contributed by atoms with Gasteiger partial charge in [-0.15, -0.1) is 6.42 Å². The molecule has 0 saturated heterocycles. The third kappa shape index (κ3) is 22.1. The first-order valence-electron chi connectivity index (χ1n) is 23.0. The van der Waals surface area contributed by atoms with Crippen molar-refractivity contribution in [2.45, 2.75) is 108 Å². The number of nitrogens with zero attached hydrogens (tertiary/aromatic N) is 1. The van der Waals surface area contributed by atoms with E-state index in [1.807, 2.05) is 42.5 Å². The van der Waals surface area contributed by atoms with Crippen molar-refractivity contribution >= 4 is 101 Å². The van der Waals surface area contributed by atoms with E-state index >= 15 is 0 Å². The van der Waals surface area contributed by atoms with E-state index in [4.69, 9.17) is 11.2 Å². The van der Waals surface area contributed by atoms with Crippen LogP contribution in [0.25, 0.3) is 0 Å². The highest BCUT2D eigenvalue weighted by atomic mass is 79.9. The van der Waals surface area contributed by atoms with E-state index in [0.29, 0.717) is 64.7 Å². The first-order chi connectivity index (χ1) is 32.9. The molecule has 0 aromatic heterocycles. The fraction of sp³-hybridized carbons (Fsp3) is 0.542. The van der Waals surface area contributed by atoms with Gasteiger partial charge >= 0.3 is 0 Å². The summed E-state index contributed by atoms with van der Waals surface area (Å²) < 4.78 is 5.28. The normalized spacial score (nSPS) is 13.1. The number of anilines is 1. The first kappa shape index (κ1) is 57.5. The molecule has 17 nitrogen and oxygen atoms in total. The highest BCUT2D eigenvalue weighted by Crippen LogP contribution is 2.29. The Balaban J connectivity index is 1.80. The maximum absolute atomic E-state index is 14.2. The van der Waals surface area contributed by atoms with Crippen molar-refractivity contribution in [3.63, 3.8) is 0 Å². The van der Waals surface area contributed by atoms with Crippen LogP contribution in [0.3, 0.4) is 0 Å². The lowest BCUT2D eigenvalue weighted by atomic mass is 9.95. The Bertz CT molecular complexity index is 2020. The Morgan fingerprint density at radius 3 is 1.56 bits per heavy atom. The minimum Gasteiger partial charge on any atom is -0.367 e. The number of unbranched alkanes of at least 4 members (excludes halogenated alkanes) is 3. The summed E-state index contributed by atoms with van der Waals surface area (Å²) in [6.45, 7) is 1.69. The maximum atomic E-state index is 14.2. The molecule has 0 aliphatic carbocycles. The number of amides is 8. The number of hydrogen-bond donors (Lipinski definition) is 7. The summed E-state index contributed by atoms with van der Waals surface area (Å²) in [5.74, 6) is -0.790. The summed E-state index contributed by atoms with van der Waals surface area (Å²) in [6.07, 6.45) is 9.74. The molecule has 3 atom stereocenters. The molecule has 0 fully saturated rings. The number of alkyl halides is 3. The Morgan fingerprint density at radius 2 is 1.03 bits per heavy atom. The first-order valence-corrected chi connectivity index (χ1v) is 26.4. The molecule has 3 unspecified atom stereocenters. The molecule has 0 saturated carbocycles. The van der Waals surface area contributed by atoms with E-state index in [2.05, 4.69) is 97.0 Å². The third-order valence-electron chi connectivity index (χ3n) is 11.0. The predicted octanol–water partition coefficient (Wildman–Crippen LogP) is 3.36. The molecule has 0 radical (unpaired) electrons. The number of halogens is 3. The topological polar surface area (TPSA) is 233 Å². The average molecular weight is 1140 g/mol. The number of hydrogen-bond acceptors (Lipinski definition) is 9. The summed E-state index contributed by atoms with van der Waals surface area (Å²) in [6, 6.07) is 12.4. The smallest absolute Gasteiger partial charge is 0.243 e. The van der Waals surface area contributed by atoms with Crippen molar-refractivity contribution in [1.29, 1.82) is 0 Å². The van der Waals surface area contributed by atoms with Crippen molar-refractivity contribution in [2.24, 2.45) is 0 Å².